The van der Waals surface area contributed by atoms with E-state index in [0.29, 0.717) is 28.6 Å². The van der Waals surface area contributed by atoms with E-state index in [0.717, 1.165) is 5.56 Å². The minimum atomic E-state index is -0.476. The van der Waals surface area contributed by atoms with Crippen LogP contribution >= 0.6 is 0 Å². The van der Waals surface area contributed by atoms with Crippen LogP contribution in [-0.4, -0.2) is 39.8 Å². The Morgan fingerprint density at radius 1 is 0.821 bits per heavy atom. The molecule has 2 N–H and O–H groups in total. The quantitative estimate of drug-likeness (QED) is 0.670. The average Bonchev–Trinajstić information content (AvgIpc) is 2.71. The maximum atomic E-state index is 12.2. The van der Waals surface area contributed by atoms with Crippen molar-refractivity contribution in [2.24, 2.45) is 0 Å². The van der Waals surface area contributed by atoms with Gasteiger partial charge in [0.1, 0.15) is 5.75 Å². The van der Waals surface area contributed by atoms with Gasteiger partial charge < -0.3 is 18.9 Å². The zero-order valence-corrected chi connectivity index (χ0v) is 16.3. The highest BCUT2D eigenvalue weighted by molar-refractivity contribution is 5.84. The Morgan fingerprint density at radius 2 is 1.50 bits per heavy atom. The largest absolute Gasteiger partial charge is 0.493 e. The van der Waals surface area contributed by atoms with Crippen LogP contribution in [0.25, 0.3) is 0 Å². The van der Waals surface area contributed by atoms with E-state index in [9.17, 15) is 9.59 Å². The first-order valence-corrected chi connectivity index (χ1v) is 8.54. The van der Waals surface area contributed by atoms with Crippen molar-refractivity contribution >= 4 is 11.8 Å². The number of nitrogens with one attached hydrogen (secondary N) is 2. The number of hydrogen-bond donors (Lipinski definition) is 2. The third-order valence-electron chi connectivity index (χ3n) is 3.93. The van der Waals surface area contributed by atoms with Gasteiger partial charge in [0.05, 0.1) is 27.8 Å². The number of methoxy groups -OCH3 is 3. The van der Waals surface area contributed by atoms with Gasteiger partial charge in [-0.2, -0.15) is 0 Å². The summed E-state index contributed by atoms with van der Waals surface area (Å²) in [5, 5.41) is 0. The number of benzene rings is 2. The fourth-order valence-electron chi connectivity index (χ4n) is 2.56. The van der Waals surface area contributed by atoms with Gasteiger partial charge in [-0.3, -0.25) is 20.4 Å². The molecule has 0 aliphatic heterocycles. The molecule has 2 amide bonds. The number of aryl methyl sites for hydroxylation is 1. The molecule has 2 aromatic rings. The molecule has 0 fully saturated rings. The zero-order valence-electron chi connectivity index (χ0n) is 16.3. The molecule has 0 atom stereocenters. The SMILES string of the molecule is COc1ccc(CC(=O)NNC(=O)COc2ccccc2C)c(OC)c1OC. The summed E-state index contributed by atoms with van der Waals surface area (Å²) < 4.78 is 21.3. The topological polar surface area (TPSA) is 95.1 Å². The summed E-state index contributed by atoms with van der Waals surface area (Å²) >= 11 is 0. The molecule has 0 spiro atoms. The molecule has 8 nitrogen and oxygen atoms in total. The van der Waals surface area contributed by atoms with Crippen LogP contribution in [0.2, 0.25) is 0 Å². The summed E-state index contributed by atoms with van der Waals surface area (Å²) in [6.45, 7) is 1.66. The Labute approximate surface area is 163 Å². The van der Waals surface area contributed by atoms with Crippen LogP contribution in [0, 0.1) is 6.92 Å². The number of amides is 2. The van der Waals surface area contributed by atoms with Gasteiger partial charge in [-0.15, -0.1) is 0 Å². The van der Waals surface area contributed by atoms with Crippen LogP contribution in [0.3, 0.4) is 0 Å². The van der Waals surface area contributed by atoms with E-state index in [1.54, 1.807) is 18.2 Å². The normalized spacial score (nSPS) is 10.0. The van der Waals surface area contributed by atoms with E-state index in [1.165, 1.54) is 21.3 Å². The second-order valence-corrected chi connectivity index (χ2v) is 5.82. The van der Waals surface area contributed by atoms with Crippen molar-refractivity contribution in [1.29, 1.82) is 0 Å². The average molecular weight is 388 g/mol. The molecule has 0 aliphatic rings. The monoisotopic (exact) mass is 388 g/mol. The summed E-state index contributed by atoms with van der Waals surface area (Å²) in [6.07, 6.45) is -0.0253. The summed E-state index contributed by atoms with van der Waals surface area (Å²) in [7, 11) is 4.47. The van der Waals surface area contributed by atoms with E-state index in [1.807, 2.05) is 25.1 Å². The number of hydrazine groups is 1. The van der Waals surface area contributed by atoms with Gasteiger partial charge >= 0.3 is 0 Å². The Hall–Kier alpha value is -3.42. The van der Waals surface area contributed by atoms with Gasteiger partial charge in [0, 0.05) is 5.56 Å². The van der Waals surface area contributed by atoms with Crippen molar-refractivity contribution in [1.82, 2.24) is 10.9 Å². The van der Waals surface area contributed by atoms with E-state index >= 15 is 0 Å². The van der Waals surface area contributed by atoms with Crippen molar-refractivity contribution in [3.63, 3.8) is 0 Å². The lowest BCUT2D eigenvalue weighted by Gasteiger charge is -2.15. The molecule has 0 heterocycles. The molecule has 0 saturated heterocycles. The van der Waals surface area contributed by atoms with Crippen LogP contribution in [-0.2, 0) is 16.0 Å². The standard InChI is InChI=1S/C20H24N2O6/c1-13-7-5-6-8-15(13)28-12-18(24)22-21-17(23)11-14-9-10-16(25-2)20(27-4)19(14)26-3/h5-10H,11-12H2,1-4H3,(H,21,23)(H,22,24). The van der Waals surface area contributed by atoms with Crippen LogP contribution < -0.4 is 29.8 Å². The number of hydrogen-bond acceptors (Lipinski definition) is 6. The lowest BCUT2D eigenvalue weighted by atomic mass is 10.1. The van der Waals surface area contributed by atoms with Crippen LogP contribution in [0.5, 0.6) is 23.0 Å². The molecule has 2 aromatic carbocycles. The fraction of sp³-hybridized carbons (Fsp3) is 0.300. The smallest absolute Gasteiger partial charge is 0.276 e. The Balaban J connectivity index is 1.90. The lowest BCUT2D eigenvalue weighted by Crippen LogP contribution is -2.44. The van der Waals surface area contributed by atoms with Gasteiger partial charge in [0.2, 0.25) is 11.7 Å². The number of carbonyl (C=O) groups is 2. The third kappa shape index (κ3) is 5.29. The second-order valence-electron chi connectivity index (χ2n) is 5.82. The second kappa shape index (κ2) is 10.1. The molecule has 0 saturated carbocycles. The predicted octanol–water partition coefficient (Wildman–Crippen LogP) is 1.79. The maximum Gasteiger partial charge on any atom is 0.276 e. The molecule has 0 aliphatic carbocycles. The predicted molar refractivity (Wildman–Crippen MR) is 103 cm³/mol. The van der Waals surface area contributed by atoms with Gasteiger partial charge in [0.15, 0.2) is 18.1 Å². The van der Waals surface area contributed by atoms with Crippen molar-refractivity contribution in [3.8, 4) is 23.0 Å². The van der Waals surface area contributed by atoms with E-state index in [4.69, 9.17) is 18.9 Å². The molecule has 28 heavy (non-hydrogen) atoms. The molecule has 0 unspecified atom stereocenters. The minimum absolute atomic E-state index is 0.0253. The maximum absolute atomic E-state index is 12.2. The van der Waals surface area contributed by atoms with Crippen molar-refractivity contribution in [3.05, 3.63) is 47.5 Å². The molecule has 8 heteroatoms. The van der Waals surface area contributed by atoms with Crippen LogP contribution in [0.15, 0.2) is 36.4 Å². The summed E-state index contributed by atoms with van der Waals surface area (Å²) in [6, 6.07) is 10.7. The minimum Gasteiger partial charge on any atom is -0.493 e. The number of carbonyl (C=O) groups excluding carboxylic acids is 2. The van der Waals surface area contributed by atoms with Crippen molar-refractivity contribution in [2.75, 3.05) is 27.9 Å². The first-order valence-electron chi connectivity index (χ1n) is 8.54. The first kappa shape index (κ1) is 20.9. The van der Waals surface area contributed by atoms with Crippen molar-refractivity contribution in [2.45, 2.75) is 13.3 Å². The number of rotatable bonds is 8. The van der Waals surface area contributed by atoms with Gasteiger partial charge in [0.25, 0.3) is 5.91 Å². The van der Waals surface area contributed by atoms with Crippen LogP contribution in [0.1, 0.15) is 11.1 Å². The third-order valence-corrected chi connectivity index (χ3v) is 3.93. The highest BCUT2D eigenvalue weighted by atomic mass is 16.5. The highest BCUT2D eigenvalue weighted by Gasteiger charge is 2.18. The summed E-state index contributed by atoms with van der Waals surface area (Å²) in [5.74, 6) is 0.993. The van der Waals surface area contributed by atoms with E-state index in [2.05, 4.69) is 10.9 Å². The summed E-state index contributed by atoms with van der Waals surface area (Å²) in [5.41, 5.74) is 6.18. The van der Waals surface area contributed by atoms with Gasteiger partial charge in [-0.25, -0.2) is 0 Å². The number of para-hydroxylation sites is 1. The molecule has 0 aromatic heterocycles. The zero-order chi connectivity index (χ0) is 20.5. The molecule has 150 valence electrons. The van der Waals surface area contributed by atoms with E-state index < -0.39 is 11.8 Å². The molecule has 0 radical (unpaired) electrons. The highest BCUT2D eigenvalue weighted by Crippen LogP contribution is 2.39. The van der Waals surface area contributed by atoms with Gasteiger partial charge in [-0.1, -0.05) is 24.3 Å². The van der Waals surface area contributed by atoms with Crippen molar-refractivity contribution < 1.29 is 28.5 Å². The lowest BCUT2D eigenvalue weighted by molar-refractivity contribution is -0.129. The van der Waals surface area contributed by atoms with Crippen LogP contribution in [0.4, 0.5) is 0 Å². The van der Waals surface area contributed by atoms with E-state index in [-0.39, 0.29) is 13.0 Å². The number of ether oxygens (including phenoxy) is 4. The Kier molecular flexibility index (Phi) is 7.50. The molecule has 0 bridgehead atoms. The molecular weight excluding hydrogens is 364 g/mol. The Morgan fingerprint density at radius 3 is 2.14 bits per heavy atom. The van der Waals surface area contributed by atoms with Gasteiger partial charge in [-0.05, 0) is 24.6 Å². The summed E-state index contributed by atoms with van der Waals surface area (Å²) in [4.78, 5) is 24.1. The molecule has 2 rings (SSSR count). The Bertz CT molecular complexity index is 837. The molecular formula is C20H24N2O6. The first-order chi connectivity index (χ1) is 13.5. The fourth-order valence-corrected chi connectivity index (χ4v) is 2.56.